The highest BCUT2D eigenvalue weighted by molar-refractivity contribution is 7.98. The number of nitrogens with zero attached hydrogens (tertiary/aromatic N) is 3. The monoisotopic (exact) mass is 430 g/mol. The Hall–Kier alpha value is -2.52. The van der Waals surface area contributed by atoms with E-state index in [2.05, 4.69) is 23.2 Å². The molecule has 0 radical (unpaired) electrons. The predicted molar refractivity (Wildman–Crippen MR) is 113 cm³/mol. The molecule has 0 bridgehead atoms. The lowest BCUT2D eigenvalue weighted by Gasteiger charge is -2.13. The molecule has 152 valence electrons. The van der Waals surface area contributed by atoms with E-state index in [1.54, 1.807) is 15.9 Å². The van der Waals surface area contributed by atoms with Gasteiger partial charge in [0, 0.05) is 23.3 Å². The first-order valence-corrected chi connectivity index (χ1v) is 11.2. The molecule has 7 nitrogen and oxygen atoms in total. The van der Waals surface area contributed by atoms with Crippen LogP contribution in [-0.4, -0.2) is 33.4 Å². The quantitative estimate of drug-likeness (QED) is 0.550. The minimum absolute atomic E-state index is 0.0334. The van der Waals surface area contributed by atoms with Crippen LogP contribution in [0, 0.1) is 0 Å². The zero-order valence-corrected chi connectivity index (χ0v) is 17.9. The number of primary amides is 1. The van der Waals surface area contributed by atoms with E-state index < -0.39 is 5.91 Å². The predicted octanol–water partition coefficient (Wildman–Crippen LogP) is 3.51. The highest BCUT2D eigenvalue weighted by atomic mass is 32.2. The van der Waals surface area contributed by atoms with Crippen molar-refractivity contribution in [1.29, 1.82) is 0 Å². The van der Waals surface area contributed by atoms with Gasteiger partial charge in [0.15, 0.2) is 11.0 Å². The number of thioether (sulfide) groups is 1. The van der Waals surface area contributed by atoms with Gasteiger partial charge in [0.25, 0.3) is 0 Å². The molecule has 4 rings (SSSR count). The maximum absolute atomic E-state index is 11.6. The van der Waals surface area contributed by atoms with Crippen LogP contribution in [0.4, 0.5) is 0 Å². The largest absolute Gasteiger partial charge is 0.494 e. The molecule has 1 amide bonds. The van der Waals surface area contributed by atoms with Crippen LogP contribution in [0.3, 0.4) is 0 Å². The number of hydrogen-bond acceptors (Lipinski definition) is 7. The molecule has 1 aliphatic heterocycles. The molecule has 2 N–H and O–H groups in total. The van der Waals surface area contributed by atoms with Gasteiger partial charge in [-0.25, -0.2) is 0 Å². The van der Waals surface area contributed by atoms with E-state index in [0.29, 0.717) is 23.3 Å². The van der Waals surface area contributed by atoms with Gasteiger partial charge in [-0.05, 0) is 37.4 Å². The number of thiophene rings is 1. The molecular weight excluding hydrogens is 408 g/mol. The number of ether oxygens (including phenoxy) is 2. The van der Waals surface area contributed by atoms with Crippen molar-refractivity contribution in [3.05, 3.63) is 40.8 Å². The van der Waals surface area contributed by atoms with Gasteiger partial charge < -0.3 is 15.2 Å². The summed E-state index contributed by atoms with van der Waals surface area (Å²) < 4.78 is 13.5. The van der Waals surface area contributed by atoms with E-state index in [1.807, 2.05) is 30.5 Å². The van der Waals surface area contributed by atoms with Crippen LogP contribution in [0.2, 0.25) is 0 Å². The summed E-state index contributed by atoms with van der Waals surface area (Å²) in [5.74, 6) is 2.60. The topological polar surface area (TPSA) is 92.3 Å². The summed E-state index contributed by atoms with van der Waals surface area (Å²) >= 11 is 3.04. The molecule has 1 unspecified atom stereocenters. The van der Waals surface area contributed by atoms with E-state index >= 15 is 0 Å². The molecular formula is C20H22N4O3S2. The Kier molecular flexibility index (Phi) is 5.77. The van der Waals surface area contributed by atoms with E-state index in [0.717, 1.165) is 28.4 Å². The summed E-state index contributed by atoms with van der Waals surface area (Å²) in [5, 5.41) is 11.2. The van der Waals surface area contributed by atoms with E-state index in [4.69, 9.17) is 15.2 Å². The lowest BCUT2D eigenvalue weighted by Crippen LogP contribution is -2.19. The Labute approximate surface area is 177 Å². The standard InChI is InChI=1S/C20H22N4O3S2/c1-3-26-15-8-13-7-12(2)27-16(13)9-14(15)11-29-20-23-22-19(17-5-4-6-28-17)24(20)10-18(21)25/h4-6,8-9,12H,3,7,10-11H2,1-2H3,(H2,21,25). The van der Waals surface area contributed by atoms with Crippen molar-refractivity contribution < 1.29 is 14.3 Å². The Bertz CT molecular complexity index is 1020. The van der Waals surface area contributed by atoms with Gasteiger partial charge in [-0.15, -0.1) is 21.5 Å². The number of carbonyl (C=O) groups excluding carboxylic acids is 1. The lowest BCUT2D eigenvalue weighted by atomic mass is 10.1. The van der Waals surface area contributed by atoms with Crippen molar-refractivity contribution in [2.75, 3.05) is 6.61 Å². The SMILES string of the molecule is CCOc1cc2c(cc1CSc1nnc(-c3cccs3)n1CC(N)=O)OC(C)C2. The fourth-order valence-electron chi connectivity index (χ4n) is 3.31. The molecule has 29 heavy (non-hydrogen) atoms. The van der Waals surface area contributed by atoms with Crippen LogP contribution in [0.15, 0.2) is 34.8 Å². The number of rotatable bonds is 8. The van der Waals surface area contributed by atoms with Gasteiger partial charge in [0.2, 0.25) is 5.91 Å². The number of benzene rings is 1. The number of hydrogen-bond donors (Lipinski definition) is 1. The molecule has 0 fully saturated rings. The second-order valence-corrected chi connectivity index (χ2v) is 8.65. The van der Waals surface area contributed by atoms with Crippen LogP contribution in [-0.2, 0) is 23.5 Å². The zero-order valence-electron chi connectivity index (χ0n) is 16.3. The average molecular weight is 431 g/mol. The van der Waals surface area contributed by atoms with Crippen molar-refractivity contribution in [1.82, 2.24) is 14.8 Å². The van der Waals surface area contributed by atoms with Gasteiger partial charge >= 0.3 is 0 Å². The van der Waals surface area contributed by atoms with Gasteiger partial charge in [0.1, 0.15) is 24.1 Å². The third kappa shape index (κ3) is 4.25. The molecule has 0 saturated carbocycles. The van der Waals surface area contributed by atoms with Crippen LogP contribution in [0.25, 0.3) is 10.7 Å². The minimum atomic E-state index is -0.431. The molecule has 3 heterocycles. The van der Waals surface area contributed by atoms with Gasteiger partial charge in [-0.3, -0.25) is 9.36 Å². The minimum Gasteiger partial charge on any atom is -0.494 e. The molecule has 9 heteroatoms. The van der Waals surface area contributed by atoms with Crippen molar-refractivity contribution in [2.45, 2.75) is 43.8 Å². The summed E-state index contributed by atoms with van der Waals surface area (Å²) in [4.78, 5) is 12.6. The summed E-state index contributed by atoms with van der Waals surface area (Å²) in [6.07, 6.45) is 1.06. The number of nitrogens with two attached hydrogens (primary N) is 1. The lowest BCUT2D eigenvalue weighted by molar-refractivity contribution is -0.118. The third-order valence-electron chi connectivity index (χ3n) is 4.51. The van der Waals surface area contributed by atoms with Crippen LogP contribution >= 0.6 is 23.1 Å². The first-order valence-electron chi connectivity index (χ1n) is 9.38. The summed E-state index contributed by atoms with van der Waals surface area (Å²) in [7, 11) is 0. The van der Waals surface area contributed by atoms with E-state index in [-0.39, 0.29) is 12.6 Å². The van der Waals surface area contributed by atoms with E-state index in [9.17, 15) is 4.79 Å². The Morgan fingerprint density at radius 3 is 3.03 bits per heavy atom. The van der Waals surface area contributed by atoms with E-state index in [1.165, 1.54) is 17.3 Å². The number of fused-ring (bicyclic) bond motifs is 1. The van der Waals surface area contributed by atoms with Crippen molar-refractivity contribution in [2.24, 2.45) is 5.73 Å². The second-order valence-electron chi connectivity index (χ2n) is 6.76. The van der Waals surface area contributed by atoms with Crippen molar-refractivity contribution >= 4 is 29.0 Å². The molecule has 2 aromatic heterocycles. The molecule has 1 atom stereocenters. The smallest absolute Gasteiger partial charge is 0.237 e. The first kappa shape index (κ1) is 19.8. The molecule has 1 aliphatic rings. The fraction of sp³-hybridized carbons (Fsp3) is 0.350. The average Bonchev–Trinajstić information content (AvgIpc) is 3.39. The summed E-state index contributed by atoms with van der Waals surface area (Å²) in [5.41, 5.74) is 7.66. The maximum Gasteiger partial charge on any atom is 0.237 e. The first-order chi connectivity index (χ1) is 14.0. The Balaban J connectivity index is 1.61. The number of carbonyl (C=O) groups is 1. The van der Waals surface area contributed by atoms with Crippen LogP contribution < -0.4 is 15.2 Å². The molecule has 0 aliphatic carbocycles. The maximum atomic E-state index is 11.6. The van der Waals surface area contributed by atoms with Gasteiger partial charge in [-0.2, -0.15) is 0 Å². The third-order valence-corrected chi connectivity index (χ3v) is 6.39. The highest BCUT2D eigenvalue weighted by Gasteiger charge is 2.23. The number of amides is 1. The van der Waals surface area contributed by atoms with Crippen LogP contribution in [0.5, 0.6) is 11.5 Å². The molecule has 3 aromatic rings. The normalized spacial score (nSPS) is 15.2. The van der Waals surface area contributed by atoms with Crippen molar-refractivity contribution in [3.63, 3.8) is 0 Å². The molecule has 1 aromatic carbocycles. The second kappa shape index (κ2) is 8.46. The number of aromatic nitrogens is 3. The zero-order chi connectivity index (χ0) is 20.4. The highest BCUT2D eigenvalue weighted by Crippen LogP contribution is 2.38. The van der Waals surface area contributed by atoms with Crippen LogP contribution in [0.1, 0.15) is 25.0 Å². The fourth-order valence-corrected chi connectivity index (χ4v) is 4.94. The summed E-state index contributed by atoms with van der Waals surface area (Å²) in [6.45, 7) is 4.66. The van der Waals surface area contributed by atoms with Gasteiger partial charge in [-0.1, -0.05) is 17.8 Å². The van der Waals surface area contributed by atoms with Crippen molar-refractivity contribution in [3.8, 4) is 22.2 Å². The molecule has 0 saturated heterocycles. The van der Waals surface area contributed by atoms with Gasteiger partial charge in [0.05, 0.1) is 11.5 Å². The Morgan fingerprint density at radius 2 is 2.31 bits per heavy atom. The molecule has 0 spiro atoms. The Morgan fingerprint density at radius 1 is 1.45 bits per heavy atom. The summed E-state index contributed by atoms with van der Waals surface area (Å²) in [6, 6.07) is 8.01.